The van der Waals surface area contributed by atoms with Gasteiger partial charge in [0, 0.05) is 13.1 Å². The molecule has 2 atom stereocenters. The first-order chi connectivity index (χ1) is 5.63. The van der Waals surface area contributed by atoms with Gasteiger partial charge in [-0.1, -0.05) is 13.8 Å². The van der Waals surface area contributed by atoms with Gasteiger partial charge in [0.15, 0.2) is 0 Å². The van der Waals surface area contributed by atoms with Crippen LogP contribution in [0.15, 0.2) is 0 Å². The summed E-state index contributed by atoms with van der Waals surface area (Å²) in [6.07, 6.45) is 1.23. The van der Waals surface area contributed by atoms with Gasteiger partial charge in [-0.05, 0) is 18.3 Å². The average molecular weight is 190 g/mol. The fourth-order valence-corrected chi connectivity index (χ4v) is 2.12. The molecule has 0 aliphatic carbocycles. The first-order valence-corrected chi connectivity index (χ1v) is 5.00. The summed E-state index contributed by atoms with van der Waals surface area (Å²) in [5.74, 6) is 1.45. The highest BCUT2D eigenvalue weighted by atomic mass is 35.5. The lowest BCUT2D eigenvalue weighted by Gasteiger charge is -2.34. The molecule has 1 amide bonds. The van der Waals surface area contributed by atoms with Gasteiger partial charge in [0.05, 0.1) is 0 Å². The van der Waals surface area contributed by atoms with Crippen LogP contribution in [0.4, 0.5) is 0 Å². The number of halogens is 1. The van der Waals surface area contributed by atoms with Crippen LogP contribution in [0.5, 0.6) is 0 Å². The van der Waals surface area contributed by atoms with E-state index in [1.807, 2.05) is 4.90 Å². The van der Waals surface area contributed by atoms with E-state index >= 15 is 0 Å². The highest BCUT2D eigenvalue weighted by Gasteiger charge is 2.24. The van der Waals surface area contributed by atoms with E-state index in [1.54, 1.807) is 0 Å². The molecule has 0 spiro atoms. The first-order valence-electron chi connectivity index (χ1n) is 4.47. The average Bonchev–Trinajstić information content (AvgIpc) is 2.01. The lowest BCUT2D eigenvalue weighted by atomic mass is 9.92. The molecule has 12 heavy (non-hydrogen) atoms. The quantitative estimate of drug-likeness (QED) is 0.576. The van der Waals surface area contributed by atoms with Crippen molar-refractivity contribution in [3.63, 3.8) is 0 Å². The Morgan fingerprint density at radius 1 is 1.42 bits per heavy atom. The molecule has 1 saturated heterocycles. The molecule has 0 saturated carbocycles. The van der Waals surface area contributed by atoms with E-state index in [1.165, 1.54) is 6.42 Å². The summed E-state index contributed by atoms with van der Waals surface area (Å²) in [6.45, 7) is 6.14. The van der Waals surface area contributed by atoms with Gasteiger partial charge in [0.2, 0.25) is 5.91 Å². The van der Waals surface area contributed by atoms with Crippen molar-refractivity contribution < 1.29 is 4.79 Å². The Morgan fingerprint density at radius 2 is 1.92 bits per heavy atom. The zero-order chi connectivity index (χ0) is 9.14. The molecular weight excluding hydrogens is 174 g/mol. The predicted octanol–water partition coefficient (Wildman–Crippen LogP) is 1.73. The fraction of sp³-hybridized carbons (Fsp3) is 0.889. The van der Waals surface area contributed by atoms with E-state index in [4.69, 9.17) is 11.6 Å². The lowest BCUT2D eigenvalue weighted by Crippen LogP contribution is -2.43. The minimum Gasteiger partial charge on any atom is -0.341 e. The highest BCUT2D eigenvalue weighted by Crippen LogP contribution is 2.20. The molecule has 0 radical (unpaired) electrons. The normalized spacial score (nSPS) is 30.4. The number of alkyl halides is 1. The van der Waals surface area contributed by atoms with Crippen LogP contribution in [-0.4, -0.2) is 29.8 Å². The third-order valence-electron chi connectivity index (χ3n) is 2.34. The second-order valence-corrected chi connectivity index (χ2v) is 4.15. The molecule has 0 aromatic rings. The monoisotopic (exact) mass is 189 g/mol. The second kappa shape index (κ2) is 4.13. The summed E-state index contributed by atoms with van der Waals surface area (Å²) in [7, 11) is 0. The minimum absolute atomic E-state index is 0.0788. The molecule has 1 fully saturated rings. The number of nitrogens with zero attached hydrogens (tertiary/aromatic N) is 1. The summed E-state index contributed by atoms with van der Waals surface area (Å²) in [5.41, 5.74) is 0. The Hall–Kier alpha value is -0.240. The van der Waals surface area contributed by atoms with E-state index in [0.717, 1.165) is 13.1 Å². The number of carbonyl (C=O) groups excluding carboxylic acids is 1. The van der Waals surface area contributed by atoms with Crippen molar-refractivity contribution in [3.05, 3.63) is 0 Å². The summed E-state index contributed by atoms with van der Waals surface area (Å²) in [6, 6.07) is 0. The van der Waals surface area contributed by atoms with Crippen molar-refractivity contribution in [2.75, 3.05) is 19.0 Å². The van der Waals surface area contributed by atoms with Crippen LogP contribution >= 0.6 is 11.6 Å². The summed E-state index contributed by atoms with van der Waals surface area (Å²) < 4.78 is 0. The maximum atomic E-state index is 11.3. The third-order valence-corrected chi connectivity index (χ3v) is 2.56. The van der Waals surface area contributed by atoms with Gasteiger partial charge in [-0.15, -0.1) is 11.6 Å². The van der Waals surface area contributed by atoms with Crippen molar-refractivity contribution in [2.45, 2.75) is 20.3 Å². The molecule has 0 aromatic carbocycles. The molecule has 1 rings (SSSR count). The molecule has 1 heterocycles. The number of amides is 1. The standard InChI is InChI=1S/C9H16ClNO/c1-7-3-8(2)6-11(5-7)9(12)4-10/h7-8H,3-6H2,1-2H3. The van der Waals surface area contributed by atoms with E-state index in [9.17, 15) is 4.79 Å². The fourth-order valence-electron chi connectivity index (χ4n) is 1.95. The predicted molar refractivity (Wildman–Crippen MR) is 50.2 cm³/mol. The number of hydrogen-bond donors (Lipinski definition) is 0. The van der Waals surface area contributed by atoms with Gasteiger partial charge >= 0.3 is 0 Å². The van der Waals surface area contributed by atoms with Gasteiger partial charge in [0.1, 0.15) is 5.88 Å². The van der Waals surface area contributed by atoms with Crippen LogP contribution < -0.4 is 0 Å². The maximum absolute atomic E-state index is 11.3. The maximum Gasteiger partial charge on any atom is 0.237 e. The number of carbonyl (C=O) groups is 1. The van der Waals surface area contributed by atoms with Crippen molar-refractivity contribution in [1.82, 2.24) is 4.90 Å². The highest BCUT2D eigenvalue weighted by molar-refractivity contribution is 6.27. The molecule has 0 N–H and O–H groups in total. The van der Waals surface area contributed by atoms with E-state index in [0.29, 0.717) is 11.8 Å². The van der Waals surface area contributed by atoms with Gasteiger partial charge in [-0.3, -0.25) is 4.79 Å². The molecule has 2 nitrogen and oxygen atoms in total. The topological polar surface area (TPSA) is 20.3 Å². The largest absolute Gasteiger partial charge is 0.341 e. The van der Waals surface area contributed by atoms with Crippen molar-refractivity contribution >= 4 is 17.5 Å². The van der Waals surface area contributed by atoms with Crippen LogP contribution in [-0.2, 0) is 4.79 Å². The summed E-state index contributed by atoms with van der Waals surface area (Å²) in [4.78, 5) is 13.1. The Kier molecular flexibility index (Phi) is 3.39. The third kappa shape index (κ3) is 2.37. The Balaban J connectivity index is 2.49. The molecular formula is C9H16ClNO. The molecule has 3 heteroatoms. The van der Waals surface area contributed by atoms with Crippen molar-refractivity contribution in [1.29, 1.82) is 0 Å². The second-order valence-electron chi connectivity index (χ2n) is 3.88. The molecule has 0 bridgehead atoms. The lowest BCUT2D eigenvalue weighted by molar-refractivity contribution is -0.131. The molecule has 1 aliphatic heterocycles. The van der Waals surface area contributed by atoms with Gasteiger partial charge in [-0.25, -0.2) is 0 Å². The van der Waals surface area contributed by atoms with Crippen LogP contribution in [0, 0.1) is 11.8 Å². The number of likely N-dealkylation sites (tertiary alicyclic amines) is 1. The minimum atomic E-state index is 0.0788. The van der Waals surface area contributed by atoms with E-state index in [-0.39, 0.29) is 11.8 Å². The Labute approximate surface area is 78.9 Å². The zero-order valence-corrected chi connectivity index (χ0v) is 8.47. The molecule has 0 aromatic heterocycles. The van der Waals surface area contributed by atoms with Crippen LogP contribution in [0.25, 0.3) is 0 Å². The van der Waals surface area contributed by atoms with Crippen LogP contribution in [0.2, 0.25) is 0 Å². The SMILES string of the molecule is CC1CC(C)CN(C(=O)CCl)C1. The van der Waals surface area contributed by atoms with Crippen LogP contribution in [0.1, 0.15) is 20.3 Å². The first kappa shape index (κ1) is 9.85. The Bertz CT molecular complexity index is 162. The zero-order valence-electron chi connectivity index (χ0n) is 7.72. The Morgan fingerprint density at radius 3 is 2.33 bits per heavy atom. The molecule has 1 aliphatic rings. The van der Waals surface area contributed by atoms with Gasteiger partial charge in [0.25, 0.3) is 0 Å². The molecule has 2 unspecified atom stereocenters. The number of hydrogen-bond acceptors (Lipinski definition) is 1. The molecule has 70 valence electrons. The van der Waals surface area contributed by atoms with Crippen LogP contribution in [0.3, 0.4) is 0 Å². The number of rotatable bonds is 1. The van der Waals surface area contributed by atoms with E-state index < -0.39 is 0 Å². The smallest absolute Gasteiger partial charge is 0.237 e. The summed E-state index contributed by atoms with van der Waals surface area (Å²) in [5, 5.41) is 0. The number of piperidine rings is 1. The summed E-state index contributed by atoms with van der Waals surface area (Å²) >= 11 is 5.49. The van der Waals surface area contributed by atoms with Crippen molar-refractivity contribution in [2.24, 2.45) is 11.8 Å². The van der Waals surface area contributed by atoms with Gasteiger partial charge < -0.3 is 4.90 Å². The van der Waals surface area contributed by atoms with Gasteiger partial charge in [-0.2, -0.15) is 0 Å². The van der Waals surface area contributed by atoms with Crippen molar-refractivity contribution in [3.8, 4) is 0 Å². The van der Waals surface area contributed by atoms with E-state index in [2.05, 4.69) is 13.8 Å².